The lowest BCUT2D eigenvalue weighted by atomic mass is 10.2. The van der Waals surface area contributed by atoms with Crippen molar-refractivity contribution in [1.29, 1.82) is 0 Å². The molecule has 1 aromatic carbocycles. The van der Waals surface area contributed by atoms with E-state index in [1.54, 1.807) is 4.90 Å². The number of carbonyl (C=O) groups is 2. The summed E-state index contributed by atoms with van der Waals surface area (Å²) in [6, 6.07) is 4.24. The molecule has 0 heterocycles. The minimum absolute atomic E-state index is 0.0353. The highest BCUT2D eigenvalue weighted by Crippen LogP contribution is 2.22. The van der Waals surface area contributed by atoms with Crippen LogP contribution < -0.4 is 0 Å². The van der Waals surface area contributed by atoms with Crippen LogP contribution in [-0.4, -0.2) is 53.4 Å². The second kappa shape index (κ2) is 7.14. The van der Waals surface area contributed by atoms with Gasteiger partial charge < -0.3 is 14.9 Å². The van der Waals surface area contributed by atoms with E-state index in [4.69, 9.17) is 11.6 Å². The smallest absolute Gasteiger partial charge is 0.257 e. The summed E-state index contributed by atoms with van der Waals surface area (Å²) in [5, 5.41) is 10.0. The van der Waals surface area contributed by atoms with E-state index in [0.29, 0.717) is 18.1 Å². The molecule has 0 saturated carbocycles. The zero-order valence-corrected chi connectivity index (χ0v) is 12.6. The van der Waals surface area contributed by atoms with E-state index in [-0.39, 0.29) is 23.8 Å². The molecule has 0 saturated heterocycles. The molecule has 0 aromatic heterocycles. The number of likely N-dealkylation sites (N-methyl/N-ethyl adjacent to an activating group) is 2. The number of phenolic OH excluding ortho intramolecular Hbond substituents is 1. The monoisotopic (exact) mass is 298 g/mol. The molecule has 2 amide bonds. The van der Waals surface area contributed by atoms with Crippen molar-refractivity contribution in [3.63, 3.8) is 0 Å². The highest BCUT2D eigenvalue weighted by Gasteiger charge is 2.20. The second-order valence-electron chi connectivity index (χ2n) is 4.39. The number of amides is 2. The normalized spacial score (nSPS) is 10.2. The van der Waals surface area contributed by atoms with E-state index >= 15 is 0 Å². The van der Waals surface area contributed by atoms with E-state index in [2.05, 4.69) is 0 Å². The molecule has 0 aliphatic carbocycles. The summed E-state index contributed by atoms with van der Waals surface area (Å²) >= 11 is 5.81. The van der Waals surface area contributed by atoms with Gasteiger partial charge in [0, 0.05) is 25.2 Å². The lowest BCUT2D eigenvalue weighted by Crippen LogP contribution is -2.41. The molecule has 1 N–H and O–H groups in total. The Kier molecular flexibility index (Phi) is 5.82. The Hall–Kier alpha value is -1.75. The van der Waals surface area contributed by atoms with Crippen LogP contribution in [0.2, 0.25) is 5.02 Å². The standard InChI is InChI=1S/C14H19ClN2O3/c1-4-17(5-2)13(19)9-16(3)14(20)11-8-10(15)6-7-12(11)18/h6-8,18H,4-5,9H2,1-3H3. The van der Waals surface area contributed by atoms with Crippen LogP contribution in [0.25, 0.3) is 0 Å². The van der Waals surface area contributed by atoms with Crippen LogP contribution in [0, 0.1) is 0 Å². The largest absolute Gasteiger partial charge is 0.507 e. The van der Waals surface area contributed by atoms with Crippen LogP contribution in [0.3, 0.4) is 0 Å². The molecule has 0 atom stereocenters. The molecule has 0 radical (unpaired) electrons. The first-order chi connectivity index (χ1) is 9.40. The lowest BCUT2D eigenvalue weighted by Gasteiger charge is -2.23. The number of aromatic hydroxyl groups is 1. The second-order valence-corrected chi connectivity index (χ2v) is 4.83. The van der Waals surface area contributed by atoms with Crippen molar-refractivity contribution in [2.75, 3.05) is 26.7 Å². The molecule has 20 heavy (non-hydrogen) atoms. The van der Waals surface area contributed by atoms with Crippen molar-refractivity contribution >= 4 is 23.4 Å². The number of halogens is 1. The van der Waals surface area contributed by atoms with Gasteiger partial charge in [0.05, 0.1) is 12.1 Å². The van der Waals surface area contributed by atoms with Crippen LogP contribution in [0.5, 0.6) is 5.75 Å². The minimum atomic E-state index is -0.439. The minimum Gasteiger partial charge on any atom is -0.507 e. The topological polar surface area (TPSA) is 60.9 Å². The van der Waals surface area contributed by atoms with Gasteiger partial charge >= 0.3 is 0 Å². The summed E-state index contributed by atoms with van der Waals surface area (Å²) in [5.74, 6) is -0.723. The van der Waals surface area contributed by atoms with Crippen LogP contribution in [0.1, 0.15) is 24.2 Å². The highest BCUT2D eigenvalue weighted by molar-refractivity contribution is 6.31. The maximum Gasteiger partial charge on any atom is 0.257 e. The van der Waals surface area contributed by atoms with Crippen LogP contribution in [0.4, 0.5) is 0 Å². The molecule has 0 fully saturated rings. The maximum atomic E-state index is 12.2. The third kappa shape index (κ3) is 3.87. The summed E-state index contributed by atoms with van der Waals surface area (Å²) in [6.07, 6.45) is 0. The fourth-order valence-electron chi connectivity index (χ4n) is 1.84. The number of hydrogen-bond donors (Lipinski definition) is 1. The number of rotatable bonds is 5. The lowest BCUT2D eigenvalue weighted by molar-refractivity contribution is -0.131. The van der Waals surface area contributed by atoms with Crippen molar-refractivity contribution in [3.05, 3.63) is 28.8 Å². The Morgan fingerprint density at radius 1 is 1.25 bits per heavy atom. The van der Waals surface area contributed by atoms with Gasteiger partial charge in [0.1, 0.15) is 5.75 Å². The Bertz CT molecular complexity index is 501. The molecule has 0 unspecified atom stereocenters. The summed E-state index contributed by atoms with van der Waals surface area (Å²) in [5.41, 5.74) is 0.0901. The van der Waals surface area contributed by atoms with E-state index in [1.165, 1.54) is 30.1 Å². The number of benzene rings is 1. The van der Waals surface area contributed by atoms with E-state index in [1.807, 2.05) is 13.8 Å². The molecule has 0 bridgehead atoms. The van der Waals surface area contributed by atoms with Crippen LogP contribution >= 0.6 is 11.6 Å². The molecule has 1 rings (SSSR count). The maximum absolute atomic E-state index is 12.2. The van der Waals surface area contributed by atoms with Gasteiger partial charge in [-0.2, -0.15) is 0 Å². The average Bonchev–Trinajstić information content (AvgIpc) is 2.42. The van der Waals surface area contributed by atoms with Gasteiger partial charge in [-0.15, -0.1) is 0 Å². The molecule has 0 spiro atoms. The van der Waals surface area contributed by atoms with E-state index in [9.17, 15) is 14.7 Å². The molecule has 0 aliphatic rings. The van der Waals surface area contributed by atoms with E-state index in [0.717, 1.165) is 0 Å². The highest BCUT2D eigenvalue weighted by atomic mass is 35.5. The average molecular weight is 299 g/mol. The Labute approximate surface area is 123 Å². The first kappa shape index (κ1) is 16.3. The van der Waals surface area contributed by atoms with Gasteiger partial charge in [0.25, 0.3) is 5.91 Å². The van der Waals surface area contributed by atoms with Crippen LogP contribution in [-0.2, 0) is 4.79 Å². The predicted molar refractivity (Wildman–Crippen MR) is 78.0 cm³/mol. The molecule has 6 heteroatoms. The van der Waals surface area contributed by atoms with Crippen molar-refractivity contribution in [3.8, 4) is 5.75 Å². The van der Waals surface area contributed by atoms with Gasteiger partial charge in [0.15, 0.2) is 0 Å². The van der Waals surface area contributed by atoms with Crippen molar-refractivity contribution < 1.29 is 14.7 Å². The number of nitrogens with zero attached hydrogens (tertiary/aromatic N) is 2. The van der Waals surface area contributed by atoms with Gasteiger partial charge in [-0.1, -0.05) is 11.6 Å². The van der Waals surface area contributed by atoms with Gasteiger partial charge in [0.2, 0.25) is 5.91 Å². The van der Waals surface area contributed by atoms with Gasteiger partial charge in [-0.05, 0) is 32.0 Å². The molecule has 110 valence electrons. The summed E-state index contributed by atoms with van der Waals surface area (Å²) in [4.78, 5) is 27.0. The van der Waals surface area contributed by atoms with Gasteiger partial charge in [-0.3, -0.25) is 9.59 Å². The van der Waals surface area contributed by atoms with Crippen LogP contribution in [0.15, 0.2) is 18.2 Å². The first-order valence-electron chi connectivity index (χ1n) is 6.42. The van der Waals surface area contributed by atoms with Crippen molar-refractivity contribution in [1.82, 2.24) is 9.80 Å². The summed E-state index contributed by atoms with van der Waals surface area (Å²) < 4.78 is 0. The summed E-state index contributed by atoms with van der Waals surface area (Å²) in [6.45, 7) is 4.92. The first-order valence-corrected chi connectivity index (χ1v) is 6.80. The molecule has 5 nitrogen and oxygen atoms in total. The third-order valence-corrected chi connectivity index (χ3v) is 3.26. The number of carbonyl (C=O) groups excluding carboxylic acids is 2. The SMILES string of the molecule is CCN(CC)C(=O)CN(C)C(=O)c1cc(Cl)ccc1O. The molecular weight excluding hydrogens is 280 g/mol. The molecular formula is C14H19ClN2O3. The fraction of sp³-hybridized carbons (Fsp3) is 0.429. The number of phenols is 1. The molecule has 1 aromatic rings. The summed E-state index contributed by atoms with van der Waals surface area (Å²) in [7, 11) is 1.52. The predicted octanol–water partition coefficient (Wildman–Crippen LogP) is 1.99. The Morgan fingerprint density at radius 3 is 2.40 bits per heavy atom. The molecule has 0 aliphatic heterocycles. The van der Waals surface area contributed by atoms with Crippen molar-refractivity contribution in [2.24, 2.45) is 0 Å². The zero-order valence-electron chi connectivity index (χ0n) is 11.9. The Balaban J connectivity index is 2.82. The fourth-order valence-corrected chi connectivity index (χ4v) is 2.01. The Morgan fingerprint density at radius 2 is 1.85 bits per heavy atom. The zero-order chi connectivity index (χ0) is 15.3. The van der Waals surface area contributed by atoms with Gasteiger partial charge in [-0.25, -0.2) is 0 Å². The van der Waals surface area contributed by atoms with E-state index < -0.39 is 5.91 Å². The number of hydrogen-bond acceptors (Lipinski definition) is 3. The quantitative estimate of drug-likeness (QED) is 0.904. The third-order valence-electron chi connectivity index (χ3n) is 3.02. The van der Waals surface area contributed by atoms with Crippen molar-refractivity contribution in [2.45, 2.75) is 13.8 Å².